The van der Waals surface area contributed by atoms with Crippen LogP contribution in [0.3, 0.4) is 0 Å². The van der Waals surface area contributed by atoms with Crippen LogP contribution in [-0.2, 0) is 21.6 Å². The van der Waals surface area contributed by atoms with Crippen LogP contribution in [0.25, 0.3) is 0 Å². The minimum Gasteiger partial charge on any atom is -0.507 e. The summed E-state index contributed by atoms with van der Waals surface area (Å²) in [5.41, 5.74) is 1.01. The molecule has 7 aromatic carbocycles. The molecule has 10 heteroatoms. The highest BCUT2D eigenvalue weighted by Crippen LogP contribution is 2.61. The maximum atomic E-state index is 14.4. The van der Waals surface area contributed by atoms with Gasteiger partial charge in [0, 0.05) is 58.5 Å². The van der Waals surface area contributed by atoms with Crippen molar-refractivity contribution in [2.75, 3.05) is 9.80 Å². The Balaban J connectivity index is 1.22. The van der Waals surface area contributed by atoms with Gasteiger partial charge < -0.3 is 45.2 Å². The molecular weight excluding hydrogens is 733 g/mol. The normalized spacial score (nSPS) is 18.5. The van der Waals surface area contributed by atoms with E-state index < -0.39 is 58.1 Å². The molecule has 1 aliphatic rings. The molecule has 58 heavy (non-hydrogen) atoms. The largest absolute Gasteiger partial charge is 0.507 e. The van der Waals surface area contributed by atoms with Crippen LogP contribution in [0.5, 0.6) is 23.0 Å². The molecule has 10 nitrogen and oxygen atoms in total. The van der Waals surface area contributed by atoms with E-state index in [9.17, 15) is 35.4 Å². The molecule has 1 aliphatic carbocycles. The second-order valence-corrected chi connectivity index (χ2v) is 14.1. The molecule has 0 radical (unpaired) electrons. The van der Waals surface area contributed by atoms with E-state index in [1.807, 2.05) is 126 Å². The summed E-state index contributed by atoms with van der Waals surface area (Å²) in [7, 11) is 0. The molecule has 290 valence electrons. The molecule has 7 aromatic rings. The van der Waals surface area contributed by atoms with Crippen LogP contribution in [0.15, 0.2) is 176 Å². The van der Waals surface area contributed by atoms with Gasteiger partial charge in [0.25, 0.3) is 0 Å². The van der Waals surface area contributed by atoms with Crippen molar-refractivity contribution < 1.29 is 40.2 Å². The predicted octanol–water partition coefficient (Wildman–Crippen LogP) is 8.95. The van der Waals surface area contributed by atoms with Crippen LogP contribution >= 0.6 is 0 Å². The summed E-state index contributed by atoms with van der Waals surface area (Å²) in [6.45, 7) is -0.249. The lowest BCUT2D eigenvalue weighted by molar-refractivity contribution is -0.192. The summed E-state index contributed by atoms with van der Waals surface area (Å²) >= 11 is 0. The van der Waals surface area contributed by atoms with Crippen LogP contribution in [-0.4, -0.2) is 48.8 Å². The van der Waals surface area contributed by atoms with Gasteiger partial charge in [0.1, 0.15) is 29.6 Å². The van der Waals surface area contributed by atoms with Gasteiger partial charge in [-0.05, 0) is 54.1 Å². The molecule has 0 bridgehead atoms. The van der Waals surface area contributed by atoms with Gasteiger partial charge in [0.15, 0.2) is 5.41 Å². The summed E-state index contributed by atoms with van der Waals surface area (Å²) in [6, 6.07) is 51.4. The number of anilines is 6. The van der Waals surface area contributed by atoms with Gasteiger partial charge in [-0.3, -0.25) is 4.79 Å². The van der Waals surface area contributed by atoms with Gasteiger partial charge in [0.05, 0.1) is 29.1 Å². The van der Waals surface area contributed by atoms with Crippen LogP contribution in [0.2, 0.25) is 0 Å². The monoisotopic (exact) mass is 772 g/mol. The van der Waals surface area contributed by atoms with E-state index in [1.54, 1.807) is 35.2 Å². The van der Waals surface area contributed by atoms with Crippen molar-refractivity contribution in [3.05, 3.63) is 193 Å². The fraction of sp³-hybridized carbons (Fsp3) is 0.104. The zero-order chi connectivity index (χ0) is 40.4. The molecule has 0 saturated heterocycles. The van der Waals surface area contributed by atoms with Crippen molar-refractivity contribution in [1.29, 1.82) is 0 Å². The van der Waals surface area contributed by atoms with Gasteiger partial charge in [-0.15, -0.1) is 0 Å². The van der Waals surface area contributed by atoms with Gasteiger partial charge in [-0.2, -0.15) is 0 Å². The second kappa shape index (κ2) is 15.7. The van der Waals surface area contributed by atoms with E-state index in [1.165, 1.54) is 24.3 Å². The van der Waals surface area contributed by atoms with Crippen molar-refractivity contribution >= 4 is 40.1 Å². The Hall–Kier alpha value is -7.27. The molecule has 8 rings (SSSR count). The quantitative estimate of drug-likeness (QED) is 0.0703. The molecule has 6 N–H and O–H groups in total. The molecule has 1 saturated carbocycles. The van der Waals surface area contributed by atoms with Crippen molar-refractivity contribution in [3.63, 3.8) is 0 Å². The summed E-state index contributed by atoms with van der Waals surface area (Å²) in [5.74, 6) is -4.75. The molecule has 1 fully saturated rings. The number of ether oxygens (including phenoxy) is 1. The highest BCUT2D eigenvalue weighted by atomic mass is 16.5. The summed E-state index contributed by atoms with van der Waals surface area (Å²) in [4.78, 5) is 18.0. The zero-order valence-electron chi connectivity index (χ0n) is 31.1. The Morgan fingerprint density at radius 2 is 0.810 bits per heavy atom. The van der Waals surface area contributed by atoms with Gasteiger partial charge in [-0.25, -0.2) is 0 Å². The minimum absolute atomic E-state index is 0.230. The number of rotatable bonds is 11. The molecule has 0 aliphatic heterocycles. The summed E-state index contributed by atoms with van der Waals surface area (Å²) in [6.07, 6.45) is -3.84. The molecule has 0 aromatic heterocycles. The number of nitrogens with zero attached hydrogens (tertiary/aromatic N) is 2. The lowest BCUT2D eigenvalue weighted by Gasteiger charge is -2.54. The molecule has 0 spiro atoms. The van der Waals surface area contributed by atoms with Crippen LogP contribution in [0.1, 0.15) is 22.6 Å². The Kier molecular flexibility index (Phi) is 10.2. The average molecular weight is 773 g/mol. The van der Waals surface area contributed by atoms with Crippen LogP contribution in [0, 0.1) is 0 Å². The zero-order valence-corrected chi connectivity index (χ0v) is 31.1. The van der Waals surface area contributed by atoms with Crippen molar-refractivity contribution in [3.8, 4) is 23.0 Å². The number of carbonyl (C=O) groups excluding carboxylic acids is 1. The molecule has 0 amide bonds. The Morgan fingerprint density at radius 3 is 1.17 bits per heavy atom. The Labute approximate surface area is 335 Å². The molecule has 1 unspecified atom stereocenters. The Morgan fingerprint density at radius 1 is 0.483 bits per heavy atom. The SMILES string of the molecule is O=C(OCc1ccccc1)[C@]1(c2c(O)cc(N(c3ccccc3)c3ccccc3)cc2O)C(O)[C@@H](c2c(O)cc(N(c3ccccc3)c3ccccc3)cc2O)[C@H]1O. The van der Waals surface area contributed by atoms with E-state index in [4.69, 9.17) is 4.74 Å². The molecule has 0 heterocycles. The van der Waals surface area contributed by atoms with Crippen LogP contribution < -0.4 is 9.80 Å². The third-order valence-corrected chi connectivity index (χ3v) is 10.7. The second-order valence-electron chi connectivity index (χ2n) is 14.1. The minimum atomic E-state index is -2.46. The first-order chi connectivity index (χ1) is 28.2. The van der Waals surface area contributed by atoms with E-state index in [2.05, 4.69) is 0 Å². The number of aliphatic hydroxyl groups excluding tert-OH is 2. The first kappa shape index (κ1) is 37.6. The fourth-order valence-corrected chi connectivity index (χ4v) is 8.03. The van der Waals surface area contributed by atoms with Crippen LogP contribution in [0.4, 0.5) is 34.1 Å². The number of esters is 1. The topological polar surface area (TPSA) is 154 Å². The number of phenols is 4. The molecular formula is C48H40N2O8. The number of aliphatic hydroxyl groups is 2. The van der Waals surface area contributed by atoms with Gasteiger partial charge in [0.2, 0.25) is 0 Å². The third kappa shape index (κ3) is 6.60. The average Bonchev–Trinajstić information content (AvgIpc) is 3.24. The number of para-hydroxylation sites is 4. The highest BCUT2D eigenvalue weighted by Gasteiger charge is 2.71. The lowest BCUT2D eigenvalue weighted by Crippen LogP contribution is -2.70. The Bertz CT molecular complexity index is 2390. The maximum Gasteiger partial charge on any atom is 0.322 e. The maximum absolute atomic E-state index is 14.4. The standard InChI is InChI=1S/C48H40N2O8/c51-38-26-36(49(32-18-8-2-9-19-32)33-20-10-3-11-21-33)27-39(52)42(38)43-45(55)48(46(43)56,47(57)58-30-31-16-6-1-7-17-31)44-40(53)28-37(29-41(44)54)50(34-22-12-4-13-23-34)35-24-14-5-15-25-35/h1-29,43,45-46,51-56H,30H2/t43-,45+,46?,48-/m0/s1. The van der Waals surface area contributed by atoms with Crippen molar-refractivity contribution in [1.82, 2.24) is 0 Å². The van der Waals surface area contributed by atoms with E-state index in [0.29, 0.717) is 28.3 Å². The number of hydrogen-bond acceptors (Lipinski definition) is 10. The summed E-state index contributed by atoms with van der Waals surface area (Å²) in [5, 5.41) is 71.3. The lowest BCUT2D eigenvalue weighted by atomic mass is 9.51. The predicted molar refractivity (Wildman–Crippen MR) is 222 cm³/mol. The fourth-order valence-electron chi connectivity index (χ4n) is 8.03. The number of hydrogen-bond donors (Lipinski definition) is 6. The number of carbonyl (C=O) groups is 1. The van der Waals surface area contributed by atoms with E-state index in [-0.39, 0.29) is 12.2 Å². The van der Waals surface area contributed by atoms with Crippen molar-refractivity contribution in [2.24, 2.45) is 0 Å². The number of phenolic OH excluding ortho intramolecular Hbond substituents is 4. The summed E-state index contributed by atoms with van der Waals surface area (Å²) < 4.78 is 5.73. The van der Waals surface area contributed by atoms with E-state index in [0.717, 1.165) is 11.4 Å². The molecule has 4 atom stereocenters. The number of benzene rings is 7. The van der Waals surface area contributed by atoms with Gasteiger partial charge in [-0.1, -0.05) is 103 Å². The smallest absolute Gasteiger partial charge is 0.322 e. The van der Waals surface area contributed by atoms with E-state index >= 15 is 0 Å². The first-order valence-electron chi connectivity index (χ1n) is 18.7. The number of aromatic hydroxyl groups is 4. The highest BCUT2D eigenvalue weighted by molar-refractivity contribution is 5.92. The van der Waals surface area contributed by atoms with Gasteiger partial charge >= 0.3 is 5.97 Å². The van der Waals surface area contributed by atoms with Crippen molar-refractivity contribution in [2.45, 2.75) is 30.1 Å². The first-order valence-corrected chi connectivity index (χ1v) is 18.7. The third-order valence-electron chi connectivity index (χ3n) is 10.7.